The molecular formula is C18H18ClFN2O3S. The van der Waals surface area contributed by atoms with Crippen LogP contribution in [0.2, 0.25) is 5.02 Å². The van der Waals surface area contributed by atoms with Gasteiger partial charge in [0, 0.05) is 31.2 Å². The number of carbonyl (C=O) groups excluding carboxylic acids is 1. The number of hydrogen-bond donors (Lipinski definition) is 0. The highest BCUT2D eigenvalue weighted by Gasteiger charge is 2.30. The normalized spacial score (nSPS) is 15.8. The number of benzene rings is 2. The second-order valence-corrected chi connectivity index (χ2v) is 8.42. The molecule has 1 saturated heterocycles. The van der Waals surface area contributed by atoms with Gasteiger partial charge in [0.1, 0.15) is 5.82 Å². The fraction of sp³-hybridized carbons (Fsp3) is 0.278. The maximum Gasteiger partial charge on any atom is 0.243 e. The lowest BCUT2D eigenvalue weighted by Gasteiger charge is -2.34. The molecule has 0 saturated carbocycles. The second-order valence-electron chi connectivity index (χ2n) is 6.05. The van der Waals surface area contributed by atoms with Gasteiger partial charge in [-0.1, -0.05) is 29.8 Å². The number of rotatable bonds is 4. The van der Waals surface area contributed by atoms with E-state index in [4.69, 9.17) is 11.6 Å². The third-order valence-electron chi connectivity index (χ3n) is 4.29. The highest BCUT2D eigenvalue weighted by molar-refractivity contribution is 7.89. The molecule has 0 aliphatic carbocycles. The van der Waals surface area contributed by atoms with E-state index < -0.39 is 15.8 Å². The van der Waals surface area contributed by atoms with Gasteiger partial charge in [0.15, 0.2) is 0 Å². The van der Waals surface area contributed by atoms with Gasteiger partial charge in [-0.25, -0.2) is 12.8 Å². The van der Waals surface area contributed by atoms with Crippen LogP contribution in [0.1, 0.15) is 5.56 Å². The first-order valence-electron chi connectivity index (χ1n) is 8.14. The zero-order valence-corrected chi connectivity index (χ0v) is 15.5. The molecule has 0 radical (unpaired) electrons. The van der Waals surface area contributed by atoms with Gasteiger partial charge < -0.3 is 4.90 Å². The maximum atomic E-state index is 13.3. The van der Waals surface area contributed by atoms with Crippen LogP contribution < -0.4 is 0 Å². The Kier molecular flexibility index (Phi) is 5.60. The summed E-state index contributed by atoms with van der Waals surface area (Å²) >= 11 is 5.83. The number of amides is 1. The monoisotopic (exact) mass is 396 g/mol. The van der Waals surface area contributed by atoms with Crippen LogP contribution >= 0.6 is 11.6 Å². The van der Waals surface area contributed by atoms with Gasteiger partial charge in [-0.05, 0) is 35.9 Å². The van der Waals surface area contributed by atoms with Crippen LogP contribution in [0.15, 0.2) is 53.4 Å². The van der Waals surface area contributed by atoms with Crippen molar-refractivity contribution in [1.82, 2.24) is 9.21 Å². The third kappa shape index (κ3) is 4.23. The minimum Gasteiger partial charge on any atom is -0.340 e. The number of piperazine rings is 1. The van der Waals surface area contributed by atoms with Crippen LogP contribution in [0.5, 0.6) is 0 Å². The van der Waals surface area contributed by atoms with Crippen molar-refractivity contribution in [2.45, 2.75) is 11.3 Å². The van der Waals surface area contributed by atoms with Crippen LogP contribution in [-0.2, 0) is 21.2 Å². The zero-order valence-electron chi connectivity index (χ0n) is 13.9. The summed E-state index contributed by atoms with van der Waals surface area (Å²) in [5.41, 5.74) is 0.856. The molecule has 1 amide bonds. The molecule has 0 atom stereocenters. The predicted octanol–water partition coefficient (Wildman–Crippen LogP) is 2.55. The first kappa shape index (κ1) is 18.8. The first-order chi connectivity index (χ1) is 12.4. The average Bonchev–Trinajstić information content (AvgIpc) is 2.64. The van der Waals surface area contributed by atoms with E-state index in [0.717, 1.165) is 11.6 Å². The van der Waals surface area contributed by atoms with Crippen molar-refractivity contribution in [2.24, 2.45) is 0 Å². The molecule has 0 N–H and O–H groups in total. The average molecular weight is 397 g/mol. The molecular weight excluding hydrogens is 379 g/mol. The van der Waals surface area contributed by atoms with E-state index in [1.54, 1.807) is 29.2 Å². The van der Waals surface area contributed by atoms with Gasteiger partial charge in [-0.15, -0.1) is 0 Å². The fourth-order valence-electron chi connectivity index (χ4n) is 2.84. The molecule has 0 unspecified atom stereocenters. The van der Waals surface area contributed by atoms with Gasteiger partial charge in [0.2, 0.25) is 15.9 Å². The molecule has 8 heteroatoms. The minimum absolute atomic E-state index is 0.0601. The van der Waals surface area contributed by atoms with E-state index >= 15 is 0 Å². The van der Waals surface area contributed by atoms with Crippen molar-refractivity contribution in [2.75, 3.05) is 26.2 Å². The highest BCUT2D eigenvalue weighted by Crippen LogP contribution is 2.19. The zero-order chi connectivity index (χ0) is 18.7. The number of nitrogens with zero attached hydrogens (tertiary/aromatic N) is 2. The fourth-order valence-corrected chi connectivity index (χ4v) is 4.42. The summed E-state index contributed by atoms with van der Waals surface area (Å²) in [7, 11) is -3.76. The highest BCUT2D eigenvalue weighted by atomic mass is 35.5. The van der Waals surface area contributed by atoms with E-state index in [2.05, 4.69) is 0 Å². The van der Waals surface area contributed by atoms with Gasteiger partial charge in [0.25, 0.3) is 0 Å². The van der Waals surface area contributed by atoms with Gasteiger partial charge in [-0.3, -0.25) is 4.79 Å². The maximum absolute atomic E-state index is 13.3. The van der Waals surface area contributed by atoms with E-state index in [-0.39, 0.29) is 30.3 Å². The third-order valence-corrected chi connectivity index (χ3v) is 6.44. The Balaban J connectivity index is 1.61. The van der Waals surface area contributed by atoms with Gasteiger partial charge in [-0.2, -0.15) is 4.31 Å². The molecule has 26 heavy (non-hydrogen) atoms. The minimum atomic E-state index is -3.76. The number of carbonyl (C=O) groups is 1. The largest absolute Gasteiger partial charge is 0.340 e. The second kappa shape index (κ2) is 7.73. The van der Waals surface area contributed by atoms with E-state index in [1.165, 1.54) is 22.5 Å². The molecule has 5 nitrogen and oxygen atoms in total. The van der Waals surface area contributed by atoms with Gasteiger partial charge >= 0.3 is 0 Å². The lowest BCUT2D eigenvalue weighted by molar-refractivity contribution is -0.131. The molecule has 2 aromatic carbocycles. The van der Waals surface area contributed by atoms with Crippen molar-refractivity contribution >= 4 is 27.5 Å². The molecule has 138 valence electrons. The number of halogens is 2. The SMILES string of the molecule is O=C(Cc1ccc(Cl)cc1)N1CCN(S(=O)(=O)c2cccc(F)c2)CC1. The summed E-state index contributed by atoms with van der Waals surface area (Å²) in [6.45, 7) is 0.984. The molecule has 0 aromatic heterocycles. The van der Waals surface area contributed by atoms with Crippen LogP contribution in [-0.4, -0.2) is 49.7 Å². The molecule has 0 bridgehead atoms. The Labute approximate surface area is 157 Å². The Hall–Kier alpha value is -1.96. The quantitative estimate of drug-likeness (QED) is 0.798. The van der Waals surface area contributed by atoms with Crippen LogP contribution in [0.4, 0.5) is 4.39 Å². The molecule has 0 spiro atoms. The van der Waals surface area contributed by atoms with E-state index in [1.807, 2.05) is 0 Å². The summed E-state index contributed by atoms with van der Waals surface area (Å²) in [5, 5.41) is 0.609. The summed E-state index contributed by atoms with van der Waals surface area (Å²) < 4.78 is 39.8. The van der Waals surface area contributed by atoms with Crippen molar-refractivity contribution in [3.05, 3.63) is 64.9 Å². The van der Waals surface area contributed by atoms with Crippen molar-refractivity contribution in [1.29, 1.82) is 0 Å². The molecule has 3 rings (SSSR count). The summed E-state index contributed by atoms with van der Waals surface area (Å²) in [6.07, 6.45) is 0.244. The van der Waals surface area contributed by atoms with E-state index in [9.17, 15) is 17.6 Å². The summed E-state index contributed by atoms with van der Waals surface area (Å²) in [5.74, 6) is -0.655. The smallest absolute Gasteiger partial charge is 0.243 e. The Bertz CT molecular complexity index is 895. The van der Waals surface area contributed by atoms with Crippen LogP contribution in [0.25, 0.3) is 0 Å². The number of hydrogen-bond acceptors (Lipinski definition) is 3. The van der Waals surface area contributed by atoms with Crippen molar-refractivity contribution in [3.8, 4) is 0 Å². The Morgan fingerprint density at radius 3 is 2.31 bits per heavy atom. The predicted molar refractivity (Wildman–Crippen MR) is 96.9 cm³/mol. The van der Waals surface area contributed by atoms with E-state index in [0.29, 0.717) is 18.1 Å². The molecule has 1 heterocycles. The Morgan fingerprint density at radius 1 is 1.04 bits per heavy atom. The summed E-state index contributed by atoms with van der Waals surface area (Å²) in [6, 6.07) is 12.0. The van der Waals surface area contributed by atoms with Gasteiger partial charge in [0.05, 0.1) is 11.3 Å². The molecule has 1 aliphatic rings. The van der Waals surface area contributed by atoms with Crippen molar-refractivity contribution < 1.29 is 17.6 Å². The van der Waals surface area contributed by atoms with Crippen LogP contribution in [0.3, 0.4) is 0 Å². The molecule has 1 fully saturated rings. The number of sulfonamides is 1. The lowest BCUT2D eigenvalue weighted by Crippen LogP contribution is -2.50. The first-order valence-corrected chi connectivity index (χ1v) is 9.96. The standard InChI is InChI=1S/C18H18ClFN2O3S/c19-15-6-4-14(5-7-15)12-18(23)21-8-10-22(11-9-21)26(24,25)17-3-1-2-16(20)13-17/h1-7,13H,8-12H2. The molecule has 2 aromatic rings. The molecule has 1 aliphatic heterocycles. The lowest BCUT2D eigenvalue weighted by atomic mass is 10.1. The Morgan fingerprint density at radius 2 is 1.69 bits per heavy atom. The summed E-state index contributed by atoms with van der Waals surface area (Å²) in [4.78, 5) is 14.0. The topological polar surface area (TPSA) is 57.7 Å². The van der Waals surface area contributed by atoms with Crippen molar-refractivity contribution in [3.63, 3.8) is 0 Å². The van der Waals surface area contributed by atoms with Crippen LogP contribution in [0, 0.1) is 5.82 Å².